The van der Waals surface area contributed by atoms with Crippen LogP contribution in [0.1, 0.15) is 17.4 Å². The fraction of sp³-hybridized carbons (Fsp3) is 0.118. The number of ether oxygens (including phenoxy) is 1. The van der Waals surface area contributed by atoms with E-state index in [2.05, 4.69) is 15.4 Å². The number of aromatic amines is 1. The van der Waals surface area contributed by atoms with Gasteiger partial charge in [-0.2, -0.15) is 10.3 Å². The van der Waals surface area contributed by atoms with Crippen molar-refractivity contribution in [3.05, 3.63) is 60.0 Å². The van der Waals surface area contributed by atoms with E-state index in [4.69, 9.17) is 4.74 Å². The van der Waals surface area contributed by atoms with Crippen LogP contribution < -0.4 is 0 Å². The van der Waals surface area contributed by atoms with Crippen LogP contribution in [-0.2, 0) is 4.74 Å². The maximum absolute atomic E-state index is 13.9. The third-order valence-corrected chi connectivity index (χ3v) is 3.34. The van der Waals surface area contributed by atoms with Crippen LogP contribution in [0.5, 0.6) is 0 Å². The fourth-order valence-electron chi connectivity index (χ4n) is 2.30. The molecule has 0 bridgehead atoms. The van der Waals surface area contributed by atoms with E-state index in [1.807, 2.05) is 0 Å². The van der Waals surface area contributed by atoms with E-state index in [0.29, 0.717) is 22.4 Å². The number of hydrogen-bond acceptors (Lipinski definition) is 4. The number of aromatic nitrogens is 3. The number of hydrogen-bond donors (Lipinski definition) is 1. The molecule has 0 aliphatic heterocycles. The zero-order valence-corrected chi connectivity index (χ0v) is 12.4. The van der Waals surface area contributed by atoms with Gasteiger partial charge in [0.25, 0.3) is 0 Å². The third kappa shape index (κ3) is 2.96. The minimum Gasteiger partial charge on any atom is -0.461 e. The molecule has 2 aromatic carbocycles. The maximum atomic E-state index is 13.9. The average molecular weight is 311 g/mol. The molecule has 0 aliphatic carbocycles. The molecule has 6 heteroatoms. The highest BCUT2D eigenvalue weighted by molar-refractivity contribution is 5.94. The molecular weight excluding hydrogens is 297 g/mol. The number of esters is 1. The van der Waals surface area contributed by atoms with E-state index in [-0.39, 0.29) is 18.1 Å². The molecule has 1 aromatic heterocycles. The molecule has 3 aromatic rings. The Labute approximate surface area is 132 Å². The molecule has 1 N–H and O–H groups in total. The van der Waals surface area contributed by atoms with E-state index < -0.39 is 5.97 Å². The number of carbonyl (C=O) groups is 1. The van der Waals surface area contributed by atoms with Crippen LogP contribution in [-0.4, -0.2) is 28.0 Å². The number of benzene rings is 2. The van der Waals surface area contributed by atoms with Crippen molar-refractivity contribution >= 4 is 5.97 Å². The molecule has 5 nitrogen and oxygen atoms in total. The van der Waals surface area contributed by atoms with Crippen molar-refractivity contribution in [1.29, 1.82) is 0 Å². The smallest absolute Gasteiger partial charge is 0.361 e. The molecule has 1 heterocycles. The van der Waals surface area contributed by atoms with Gasteiger partial charge in [0.2, 0.25) is 0 Å². The van der Waals surface area contributed by atoms with Gasteiger partial charge in [-0.1, -0.05) is 36.4 Å². The van der Waals surface area contributed by atoms with Gasteiger partial charge in [0, 0.05) is 11.1 Å². The van der Waals surface area contributed by atoms with E-state index in [0.717, 1.165) is 0 Å². The third-order valence-electron chi connectivity index (χ3n) is 3.34. The van der Waals surface area contributed by atoms with Crippen molar-refractivity contribution in [2.75, 3.05) is 6.61 Å². The van der Waals surface area contributed by atoms with Gasteiger partial charge in [-0.05, 0) is 24.6 Å². The summed E-state index contributed by atoms with van der Waals surface area (Å²) in [6.07, 6.45) is 0. The molecule has 0 fully saturated rings. The summed E-state index contributed by atoms with van der Waals surface area (Å²) in [5.74, 6) is -0.858. The molecule has 116 valence electrons. The second-order valence-corrected chi connectivity index (χ2v) is 4.80. The minimum atomic E-state index is -0.549. The zero-order chi connectivity index (χ0) is 16.2. The lowest BCUT2D eigenvalue weighted by molar-refractivity contribution is 0.0520. The standard InChI is InChI=1S/C17H14FN3O2/c1-2-23-17(22)16-15(19-21-20-16)12-7-5-6-11(10-12)13-8-3-4-9-14(13)18/h3-10H,2H2,1H3,(H,19,20,21). The maximum Gasteiger partial charge on any atom is 0.361 e. The fourth-order valence-corrected chi connectivity index (χ4v) is 2.30. The molecule has 0 aliphatic rings. The van der Waals surface area contributed by atoms with Gasteiger partial charge >= 0.3 is 5.97 Å². The van der Waals surface area contributed by atoms with Crippen LogP contribution in [0.15, 0.2) is 48.5 Å². The summed E-state index contributed by atoms with van der Waals surface area (Å²) >= 11 is 0. The molecule has 0 saturated heterocycles. The summed E-state index contributed by atoms with van der Waals surface area (Å²) in [6, 6.07) is 13.6. The average Bonchev–Trinajstić information content (AvgIpc) is 3.05. The van der Waals surface area contributed by atoms with Gasteiger partial charge in [0.15, 0.2) is 5.69 Å². The van der Waals surface area contributed by atoms with Crippen molar-refractivity contribution in [1.82, 2.24) is 15.4 Å². The van der Waals surface area contributed by atoms with Gasteiger partial charge < -0.3 is 4.74 Å². The van der Waals surface area contributed by atoms with Crippen LogP contribution in [0.3, 0.4) is 0 Å². The Hall–Kier alpha value is -3.02. The predicted octanol–water partition coefficient (Wildman–Crippen LogP) is 3.45. The first-order valence-electron chi connectivity index (χ1n) is 7.14. The van der Waals surface area contributed by atoms with Crippen LogP contribution >= 0.6 is 0 Å². The molecule has 3 rings (SSSR count). The van der Waals surface area contributed by atoms with E-state index >= 15 is 0 Å². The largest absolute Gasteiger partial charge is 0.461 e. The van der Waals surface area contributed by atoms with Crippen molar-refractivity contribution in [2.24, 2.45) is 0 Å². The normalized spacial score (nSPS) is 10.5. The van der Waals surface area contributed by atoms with Crippen LogP contribution in [0.25, 0.3) is 22.4 Å². The summed E-state index contributed by atoms with van der Waals surface area (Å²) in [4.78, 5) is 11.9. The highest BCUT2D eigenvalue weighted by Crippen LogP contribution is 2.28. The van der Waals surface area contributed by atoms with Crippen LogP contribution in [0, 0.1) is 5.82 Å². The molecule has 0 radical (unpaired) electrons. The molecule has 0 amide bonds. The SMILES string of the molecule is CCOC(=O)c1n[nH]nc1-c1cccc(-c2ccccc2F)c1. The molecule has 0 unspecified atom stereocenters. The summed E-state index contributed by atoms with van der Waals surface area (Å²) in [5.41, 5.74) is 2.32. The number of nitrogens with zero attached hydrogens (tertiary/aromatic N) is 2. The number of carbonyl (C=O) groups excluding carboxylic acids is 1. The van der Waals surface area contributed by atoms with Crippen molar-refractivity contribution in [3.8, 4) is 22.4 Å². The van der Waals surface area contributed by atoms with Gasteiger partial charge in [0.1, 0.15) is 11.5 Å². The Balaban J connectivity index is 2.03. The predicted molar refractivity (Wildman–Crippen MR) is 83.2 cm³/mol. The first-order chi connectivity index (χ1) is 11.2. The number of nitrogens with one attached hydrogen (secondary N) is 1. The molecule has 23 heavy (non-hydrogen) atoms. The number of halogens is 1. The lowest BCUT2D eigenvalue weighted by Gasteiger charge is -2.06. The summed E-state index contributed by atoms with van der Waals surface area (Å²) in [5, 5.41) is 10.3. The minimum absolute atomic E-state index is 0.109. The Kier molecular flexibility index (Phi) is 4.14. The Morgan fingerprint density at radius 1 is 1.13 bits per heavy atom. The van der Waals surface area contributed by atoms with E-state index in [1.54, 1.807) is 49.4 Å². The summed E-state index contributed by atoms with van der Waals surface area (Å²) in [7, 11) is 0. The van der Waals surface area contributed by atoms with Crippen molar-refractivity contribution in [2.45, 2.75) is 6.92 Å². The van der Waals surface area contributed by atoms with E-state index in [1.165, 1.54) is 6.07 Å². The Morgan fingerprint density at radius 3 is 2.70 bits per heavy atom. The molecular formula is C17H14FN3O2. The number of rotatable bonds is 4. The highest BCUT2D eigenvalue weighted by Gasteiger charge is 2.19. The second-order valence-electron chi connectivity index (χ2n) is 4.80. The van der Waals surface area contributed by atoms with Gasteiger partial charge in [0.05, 0.1) is 6.61 Å². The number of H-pyrrole nitrogens is 1. The lowest BCUT2D eigenvalue weighted by Crippen LogP contribution is -2.06. The molecule has 0 saturated carbocycles. The first kappa shape index (κ1) is 14.9. The molecule has 0 atom stereocenters. The Morgan fingerprint density at radius 2 is 1.91 bits per heavy atom. The van der Waals surface area contributed by atoms with Crippen molar-refractivity contribution in [3.63, 3.8) is 0 Å². The molecule has 0 spiro atoms. The van der Waals surface area contributed by atoms with E-state index in [9.17, 15) is 9.18 Å². The second kappa shape index (κ2) is 6.39. The summed E-state index contributed by atoms with van der Waals surface area (Å²) in [6.45, 7) is 1.97. The van der Waals surface area contributed by atoms with Gasteiger partial charge in [-0.3, -0.25) is 0 Å². The van der Waals surface area contributed by atoms with Gasteiger partial charge in [-0.25, -0.2) is 9.18 Å². The quantitative estimate of drug-likeness (QED) is 0.749. The van der Waals surface area contributed by atoms with Crippen LogP contribution in [0.2, 0.25) is 0 Å². The Bertz CT molecular complexity index is 845. The van der Waals surface area contributed by atoms with Crippen LogP contribution in [0.4, 0.5) is 4.39 Å². The highest BCUT2D eigenvalue weighted by atomic mass is 19.1. The first-order valence-corrected chi connectivity index (χ1v) is 7.14. The topological polar surface area (TPSA) is 67.9 Å². The zero-order valence-electron chi connectivity index (χ0n) is 12.4. The van der Waals surface area contributed by atoms with Gasteiger partial charge in [-0.15, -0.1) is 5.10 Å². The summed E-state index contributed by atoms with van der Waals surface area (Å²) < 4.78 is 18.9. The lowest BCUT2D eigenvalue weighted by atomic mass is 10.0. The van der Waals surface area contributed by atoms with Crippen molar-refractivity contribution < 1.29 is 13.9 Å². The monoisotopic (exact) mass is 311 g/mol.